The van der Waals surface area contributed by atoms with Crippen molar-refractivity contribution in [2.45, 2.75) is 71.3 Å². The molecule has 3 unspecified atom stereocenters. The summed E-state index contributed by atoms with van der Waals surface area (Å²) in [6.07, 6.45) is 8.91. The molecule has 0 bridgehead atoms. The predicted molar refractivity (Wildman–Crippen MR) is 74.2 cm³/mol. The van der Waals surface area contributed by atoms with Gasteiger partial charge in [0, 0.05) is 6.04 Å². The fraction of sp³-hybridized carbons (Fsp3) is 0.933. The Morgan fingerprint density at radius 2 is 2.17 bits per heavy atom. The first kappa shape index (κ1) is 15.5. The number of carbonyl (C=O) groups is 1. The molecular weight excluding hydrogens is 226 g/mol. The number of ether oxygens (including phenoxy) is 1. The maximum atomic E-state index is 11.6. The van der Waals surface area contributed by atoms with Crippen LogP contribution in [0.5, 0.6) is 0 Å². The SMILES string of the molecule is CCCC1CCCC(CC(=O)OC)(C(C)N)CC1. The fourth-order valence-corrected chi connectivity index (χ4v) is 3.35. The van der Waals surface area contributed by atoms with Crippen molar-refractivity contribution in [3.8, 4) is 0 Å². The van der Waals surface area contributed by atoms with E-state index in [1.165, 1.54) is 39.2 Å². The second-order valence-electron chi connectivity index (χ2n) is 5.99. The number of methoxy groups -OCH3 is 1. The number of hydrogen-bond donors (Lipinski definition) is 1. The predicted octanol–water partition coefficient (Wildman–Crippen LogP) is 3.26. The lowest BCUT2D eigenvalue weighted by Gasteiger charge is -2.35. The summed E-state index contributed by atoms with van der Waals surface area (Å²) in [7, 11) is 1.47. The van der Waals surface area contributed by atoms with E-state index in [9.17, 15) is 4.79 Å². The smallest absolute Gasteiger partial charge is 0.306 e. The molecule has 1 aliphatic rings. The van der Waals surface area contributed by atoms with E-state index in [2.05, 4.69) is 6.92 Å². The van der Waals surface area contributed by atoms with Gasteiger partial charge in [0.1, 0.15) is 0 Å². The molecule has 106 valence electrons. The van der Waals surface area contributed by atoms with E-state index in [-0.39, 0.29) is 17.4 Å². The van der Waals surface area contributed by atoms with Gasteiger partial charge in [-0.05, 0) is 37.5 Å². The van der Waals surface area contributed by atoms with Gasteiger partial charge < -0.3 is 10.5 Å². The number of hydrogen-bond acceptors (Lipinski definition) is 3. The summed E-state index contributed by atoms with van der Waals surface area (Å²) in [5.74, 6) is 0.717. The number of carbonyl (C=O) groups excluding carboxylic acids is 1. The Morgan fingerprint density at radius 1 is 1.44 bits per heavy atom. The van der Waals surface area contributed by atoms with Crippen LogP contribution in [0.2, 0.25) is 0 Å². The van der Waals surface area contributed by atoms with Crippen LogP contribution in [-0.4, -0.2) is 19.1 Å². The Hall–Kier alpha value is -0.570. The van der Waals surface area contributed by atoms with E-state index >= 15 is 0 Å². The van der Waals surface area contributed by atoms with Crippen LogP contribution in [0.3, 0.4) is 0 Å². The summed E-state index contributed by atoms with van der Waals surface area (Å²) >= 11 is 0. The molecule has 0 saturated heterocycles. The molecule has 1 saturated carbocycles. The third-order valence-corrected chi connectivity index (χ3v) is 4.72. The molecule has 1 aliphatic carbocycles. The van der Waals surface area contributed by atoms with Gasteiger partial charge in [0.15, 0.2) is 0 Å². The molecule has 3 nitrogen and oxygen atoms in total. The first-order valence-corrected chi connectivity index (χ1v) is 7.36. The van der Waals surface area contributed by atoms with Crippen LogP contribution < -0.4 is 5.73 Å². The highest BCUT2D eigenvalue weighted by Crippen LogP contribution is 2.43. The van der Waals surface area contributed by atoms with Crippen LogP contribution in [0.25, 0.3) is 0 Å². The number of esters is 1. The quantitative estimate of drug-likeness (QED) is 0.606. The standard InChI is InChI=1S/C15H29NO2/c1-4-6-13-7-5-9-15(10-8-13,12(2)16)11-14(17)18-3/h12-13H,4-11,16H2,1-3H3. The van der Waals surface area contributed by atoms with Gasteiger partial charge in [-0.1, -0.05) is 32.6 Å². The maximum Gasteiger partial charge on any atom is 0.306 e. The molecule has 1 fully saturated rings. The molecule has 0 aromatic rings. The Morgan fingerprint density at radius 3 is 2.72 bits per heavy atom. The minimum atomic E-state index is -0.110. The molecule has 3 heteroatoms. The molecule has 0 radical (unpaired) electrons. The van der Waals surface area contributed by atoms with Gasteiger partial charge in [-0.25, -0.2) is 0 Å². The minimum absolute atomic E-state index is 0.0322. The molecule has 0 aliphatic heterocycles. The number of nitrogens with two attached hydrogens (primary N) is 1. The monoisotopic (exact) mass is 255 g/mol. The minimum Gasteiger partial charge on any atom is -0.469 e. The van der Waals surface area contributed by atoms with Crippen molar-refractivity contribution in [3.05, 3.63) is 0 Å². The Bertz CT molecular complexity index is 265. The van der Waals surface area contributed by atoms with Gasteiger partial charge >= 0.3 is 5.97 Å². The zero-order chi connectivity index (χ0) is 13.6. The van der Waals surface area contributed by atoms with Gasteiger partial charge in [0.05, 0.1) is 13.5 Å². The zero-order valence-electron chi connectivity index (χ0n) is 12.2. The maximum absolute atomic E-state index is 11.6. The lowest BCUT2D eigenvalue weighted by molar-refractivity contribution is -0.144. The van der Waals surface area contributed by atoms with Gasteiger partial charge in [-0.3, -0.25) is 4.79 Å². The van der Waals surface area contributed by atoms with Crippen molar-refractivity contribution >= 4 is 5.97 Å². The van der Waals surface area contributed by atoms with E-state index in [0.29, 0.717) is 6.42 Å². The molecule has 18 heavy (non-hydrogen) atoms. The summed E-state index contributed by atoms with van der Waals surface area (Å²) in [6, 6.07) is 0.0666. The largest absolute Gasteiger partial charge is 0.469 e. The lowest BCUT2D eigenvalue weighted by atomic mass is 9.72. The van der Waals surface area contributed by atoms with Crippen molar-refractivity contribution in [1.82, 2.24) is 0 Å². The normalized spacial score (nSPS) is 30.6. The first-order chi connectivity index (χ1) is 8.54. The highest BCUT2D eigenvalue weighted by molar-refractivity contribution is 5.70. The zero-order valence-corrected chi connectivity index (χ0v) is 12.2. The van der Waals surface area contributed by atoms with E-state index in [1.807, 2.05) is 6.92 Å². The average molecular weight is 255 g/mol. The average Bonchev–Trinajstić information content (AvgIpc) is 2.53. The van der Waals surface area contributed by atoms with Crippen molar-refractivity contribution in [1.29, 1.82) is 0 Å². The third-order valence-electron chi connectivity index (χ3n) is 4.72. The fourth-order valence-electron chi connectivity index (χ4n) is 3.35. The molecule has 2 N–H and O–H groups in total. The van der Waals surface area contributed by atoms with Crippen LogP contribution >= 0.6 is 0 Å². The molecule has 0 spiro atoms. The summed E-state index contributed by atoms with van der Waals surface area (Å²) < 4.78 is 4.85. The molecule has 0 amide bonds. The van der Waals surface area contributed by atoms with Crippen molar-refractivity contribution in [3.63, 3.8) is 0 Å². The van der Waals surface area contributed by atoms with Gasteiger partial charge in [0.2, 0.25) is 0 Å². The molecule has 0 aromatic heterocycles. The topological polar surface area (TPSA) is 52.3 Å². The van der Waals surface area contributed by atoms with Gasteiger partial charge in [-0.2, -0.15) is 0 Å². The van der Waals surface area contributed by atoms with E-state index in [0.717, 1.165) is 18.8 Å². The van der Waals surface area contributed by atoms with Crippen LogP contribution in [0.4, 0.5) is 0 Å². The van der Waals surface area contributed by atoms with Crippen LogP contribution in [0, 0.1) is 11.3 Å². The highest BCUT2D eigenvalue weighted by atomic mass is 16.5. The van der Waals surface area contributed by atoms with Crippen molar-refractivity contribution < 1.29 is 9.53 Å². The first-order valence-electron chi connectivity index (χ1n) is 7.36. The van der Waals surface area contributed by atoms with E-state index < -0.39 is 0 Å². The van der Waals surface area contributed by atoms with Crippen molar-refractivity contribution in [2.75, 3.05) is 7.11 Å². The molecule has 3 atom stereocenters. The molecule has 1 rings (SSSR count). The van der Waals surface area contributed by atoms with E-state index in [4.69, 9.17) is 10.5 Å². The van der Waals surface area contributed by atoms with Crippen molar-refractivity contribution in [2.24, 2.45) is 17.1 Å². The third kappa shape index (κ3) is 3.98. The van der Waals surface area contributed by atoms with E-state index in [1.54, 1.807) is 0 Å². The van der Waals surface area contributed by atoms with Crippen LogP contribution in [0.15, 0.2) is 0 Å². The summed E-state index contributed by atoms with van der Waals surface area (Å²) in [5.41, 5.74) is 6.15. The lowest BCUT2D eigenvalue weighted by Crippen LogP contribution is -2.41. The Balaban J connectivity index is 2.70. The summed E-state index contributed by atoms with van der Waals surface area (Å²) in [6.45, 7) is 4.29. The highest BCUT2D eigenvalue weighted by Gasteiger charge is 2.38. The molecule has 0 aromatic carbocycles. The van der Waals surface area contributed by atoms with Crippen LogP contribution in [-0.2, 0) is 9.53 Å². The summed E-state index contributed by atoms with van der Waals surface area (Å²) in [4.78, 5) is 11.6. The second-order valence-corrected chi connectivity index (χ2v) is 5.99. The van der Waals surface area contributed by atoms with Gasteiger partial charge in [-0.15, -0.1) is 0 Å². The molecule has 0 heterocycles. The Labute approximate surface area is 111 Å². The number of rotatable bonds is 5. The molecular formula is C15H29NO2. The van der Waals surface area contributed by atoms with Crippen LogP contribution in [0.1, 0.15) is 65.2 Å². The Kier molecular flexibility index (Phi) is 6.13. The second kappa shape index (κ2) is 7.13. The van der Waals surface area contributed by atoms with Gasteiger partial charge in [0.25, 0.3) is 0 Å². The summed E-state index contributed by atoms with van der Waals surface area (Å²) in [5, 5.41) is 0.